The van der Waals surface area contributed by atoms with E-state index in [-0.39, 0.29) is 0 Å². The Bertz CT molecular complexity index is 204. The van der Waals surface area contributed by atoms with E-state index in [1.54, 1.807) is 6.20 Å². The predicted molar refractivity (Wildman–Crippen MR) is 44.9 cm³/mol. The number of hydrogen-bond acceptors (Lipinski definition) is 4. The van der Waals surface area contributed by atoms with Crippen LogP contribution in [-0.4, -0.2) is 23.5 Å². The van der Waals surface area contributed by atoms with Gasteiger partial charge in [-0.1, -0.05) is 11.6 Å². The smallest absolute Gasteiger partial charge is 0.292 e. The van der Waals surface area contributed by atoms with Crippen molar-refractivity contribution in [1.29, 1.82) is 0 Å². The molecule has 0 N–H and O–H groups in total. The molecule has 0 fully saturated rings. The van der Waals surface area contributed by atoms with E-state index in [0.29, 0.717) is 11.6 Å². The van der Waals surface area contributed by atoms with Gasteiger partial charge in [0.25, 0.3) is 6.47 Å². The molecule has 1 heterocycles. The highest BCUT2D eigenvalue weighted by Gasteiger charge is 1.84. The average molecular weight is 189 g/mol. The van der Waals surface area contributed by atoms with E-state index in [4.69, 9.17) is 16.4 Å². The van der Waals surface area contributed by atoms with Crippen molar-refractivity contribution in [3.05, 3.63) is 23.2 Å². The Morgan fingerprint density at radius 1 is 1.50 bits per heavy atom. The summed E-state index contributed by atoms with van der Waals surface area (Å²) in [5.74, 6) is 0. The number of carbonyl (C=O) groups excluding carboxylic acids is 1. The first-order chi connectivity index (χ1) is 5.70. The van der Waals surface area contributed by atoms with Crippen LogP contribution in [0, 0.1) is 6.92 Å². The Hall–Kier alpha value is -1.16. The minimum absolute atomic E-state index is 0.375. The molecule has 0 saturated heterocycles. The molecule has 0 unspecified atom stereocenters. The standard InChI is InChI=1S/C5H5ClN2.C2H4O2/c1-4-2-8-5(6)3-7-4;1-4-2-3/h2-3H,1H3;2H,1H3. The predicted octanol–water partition coefficient (Wildman–Crippen LogP) is 1.23. The van der Waals surface area contributed by atoms with E-state index >= 15 is 0 Å². The lowest BCUT2D eigenvalue weighted by Crippen LogP contribution is -1.80. The van der Waals surface area contributed by atoms with Crippen LogP contribution in [-0.2, 0) is 9.53 Å². The fourth-order valence-corrected chi connectivity index (χ4v) is 0.474. The third-order valence-corrected chi connectivity index (χ3v) is 1.04. The van der Waals surface area contributed by atoms with E-state index in [1.807, 2.05) is 6.92 Å². The van der Waals surface area contributed by atoms with Gasteiger partial charge in [-0.3, -0.25) is 9.78 Å². The zero-order valence-electron chi connectivity index (χ0n) is 6.82. The van der Waals surface area contributed by atoms with Crippen LogP contribution < -0.4 is 0 Å². The molecular formula is C7H9ClN2O2. The lowest BCUT2D eigenvalue weighted by Gasteiger charge is -1.86. The second-order valence-electron chi connectivity index (χ2n) is 1.81. The summed E-state index contributed by atoms with van der Waals surface area (Å²) < 4.78 is 3.86. The van der Waals surface area contributed by atoms with Gasteiger partial charge in [-0.05, 0) is 6.92 Å². The number of aryl methyl sites for hydroxylation is 1. The zero-order valence-corrected chi connectivity index (χ0v) is 7.58. The van der Waals surface area contributed by atoms with Crippen molar-refractivity contribution in [2.24, 2.45) is 0 Å². The topological polar surface area (TPSA) is 52.1 Å². The van der Waals surface area contributed by atoms with Gasteiger partial charge in [0, 0.05) is 6.20 Å². The average Bonchev–Trinajstić information content (AvgIpc) is 2.11. The minimum Gasteiger partial charge on any atom is -0.471 e. The molecule has 0 spiro atoms. The second kappa shape index (κ2) is 6.54. The number of halogens is 1. The normalized spacial score (nSPS) is 7.92. The molecule has 0 saturated carbocycles. The largest absolute Gasteiger partial charge is 0.471 e. The van der Waals surface area contributed by atoms with E-state index in [0.717, 1.165) is 5.69 Å². The van der Waals surface area contributed by atoms with Crippen molar-refractivity contribution in [2.75, 3.05) is 7.11 Å². The quantitative estimate of drug-likeness (QED) is 0.622. The Morgan fingerprint density at radius 3 is 2.33 bits per heavy atom. The third kappa shape index (κ3) is 5.61. The maximum atomic E-state index is 8.95. The summed E-state index contributed by atoms with van der Waals surface area (Å²) in [5, 5.41) is 0.440. The van der Waals surface area contributed by atoms with Crippen LogP contribution in [0.25, 0.3) is 0 Å². The van der Waals surface area contributed by atoms with Crippen molar-refractivity contribution >= 4 is 18.1 Å². The summed E-state index contributed by atoms with van der Waals surface area (Å²) >= 11 is 5.44. The van der Waals surface area contributed by atoms with Crippen LogP contribution in [0.1, 0.15) is 5.69 Å². The summed E-state index contributed by atoms with van der Waals surface area (Å²) in [6, 6.07) is 0. The van der Waals surface area contributed by atoms with E-state index in [2.05, 4.69) is 14.7 Å². The number of rotatable bonds is 1. The number of ether oxygens (including phenoxy) is 1. The Labute approximate surface area is 75.5 Å². The first kappa shape index (κ1) is 10.8. The van der Waals surface area contributed by atoms with Gasteiger partial charge < -0.3 is 4.74 Å². The number of methoxy groups -OCH3 is 1. The number of aromatic nitrogens is 2. The molecule has 5 heteroatoms. The van der Waals surface area contributed by atoms with Gasteiger partial charge in [-0.15, -0.1) is 0 Å². The molecule has 0 aliphatic heterocycles. The van der Waals surface area contributed by atoms with E-state index < -0.39 is 0 Å². The van der Waals surface area contributed by atoms with Gasteiger partial charge in [-0.2, -0.15) is 0 Å². The van der Waals surface area contributed by atoms with E-state index in [1.165, 1.54) is 13.3 Å². The third-order valence-electron chi connectivity index (χ3n) is 0.846. The highest BCUT2D eigenvalue weighted by atomic mass is 35.5. The molecule has 1 aromatic rings. The van der Waals surface area contributed by atoms with Gasteiger partial charge in [0.2, 0.25) is 0 Å². The van der Waals surface area contributed by atoms with Crippen molar-refractivity contribution in [3.63, 3.8) is 0 Å². The molecular weight excluding hydrogens is 180 g/mol. The molecule has 12 heavy (non-hydrogen) atoms. The van der Waals surface area contributed by atoms with Gasteiger partial charge >= 0.3 is 0 Å². The molecule has 0 atom stereocenters. The first-order valence-corrected chi connectivity index (χ1v) is 3.49. The Morgan fingerprint density at radius 2 is 2.08 bits per heavy atom. The molecule has 0 radical (unpaired) electrons. The molecule has 0 amide bonds. The van der Waals surface area contributed by atoms with Crippen LogP contribution >= 0.6 is 11.6 Å². The first-order valence-electron chi connectivity index (χ1n) is 3.11. The van der Waals surface area contributed by atoms with Crippen molar-refractivity contribution in [3.8, 4) is 0 Å². The molecule has 0 aliphatic carbocycles. The molecule has 4 nitrogen and oxygen atoms in total. The van der Waals surface area contributed by atoms with Crippen LogP contribution in [0.15, 0.2) is 12.4 Å². The lowest BCUT2D eigenvalue weighted by atomic mass is 10.5. The van der Waals surface area contributed by atoms with E-state index in [9.17, 15) is 0 Å². The molecule has 0 bridgehead atoms. The summed E-state index contributed by atoms with van der Waals surface area (Å²) in [7, 11) is 1.31. The summed E-state index contributed by atoms with van der Waals surface area (Å²) in [4.78, 5) is 16.6. The highest BCUT2D eigenvalue weighted by Crippen LogP contribution is 1.98. The zero-order chi connectivity index (χ0) is 9.40. The molecule has 0 aromatic carbocycles. The van der Waals surface area contributed by atoms with Crippen LogP contribution in [0.3, 0.4) is 0 Å². The summed E-state index contributed by atoms with van der Waals surface area (Å²) in [6.07, 6.45) is 3.15. The fraction of sp³-hybridized carbons (Fsp3) is 0.286. The van der Waals surface area contributed by atoms with Crippen molar-refractivity contribution < 1.29 is 9.53 Å². The van der Waals surface area contributed by atoms with Crippen LogP contribution in [0.5, 0.6) is 0 Å². The molecule has 0 aliphatic rings. The lowest BCUT2D eigenvalue weighted by molar-refractivity contribution is -0.126. The van der Waals surface area contributed by atoms with Gasteiger partial charge in [0.15, 0.2) is 0 Å². The van der Waals surface area contributed by atoms with Crippen LogP contribution in [0.4, 0.5) is 0 Å². The Balaban J connectivity index is 0.000000261. The van der Waals surface area contributed by atoms with Gasteiger partial charge in [-0.25, -0.2) is 4.98 Å². The van der Waals surface area contributed by atoms with Crippen molar-refractivity contribution in [2.45, 2.75) is 6.92 Å². The molecule has 1 rings (SSSR count). The highest BCUT2D eigenvalue weighted by molar-refractivity contribution is 6.29. The number of carbonyl (C=O) groups is 1. The van der Waals surface area contributed by atoms with Crippen molar-refractivity contribution in [1.82, 2.24) is 9.97 Å². The summed E-state index contributed by atoms with van der Waals surface area (Å²) in [6.45, 7) is 2.24. The fourth-order valence-electron chi connectivity index (χ4n) is 0.377. The second-order valence-corrected chi connectivity index (χ2v) is 2.20. The monoisotopic (exact) mass is 188 g/mol. The number of nitrogens with zero attached hydrogens (tertiary/aromatic N) is 2. The summed E-state index contributed by atoms with van der Waals surface area (Å²) in [5.41, 5.74) is 0.884. The molecule has 66 valence electrons. The Kier molecular flexibility index (Phi) is 5.91. The number of hydrogen-bond donors (Lipinski definition) is 0. The van der Waals surface area contributed by atoms with Gasteiger partial charge in [0.05, 0.1) is 19.0 Å². The van der Waals surface area contributed by atoms with Gasteiger partial charge in [0.1, 0.15) is 5.15 Å². The maximum Gasteiger partial charge on any atom is 0.292 e. The minimum atomic E-state index is 0.375. The van der Waals surface area contributed by atoms with Crippen LogP contribution in [0.2, 0.25) is 5.15 Å². The SMILES string of the molecule is COC=O.Cc1cnc(Cl)cn1. The maximum absolute atomic E-state index is 8.95. The molecule has 1 aromatic heterocycles.